The third-order valence-corrected chi connectivity index (χ3v) is 3.57. The van der Waals surface area contributed by atoms with Gasteiger partial charge in [-0.05, 0) is 51.8 Å². The number of rotatable bonds is 4. The summed E-state index contributed by atoms with van der Waals surface area (Å²) in [6, 6.07) is 9.09. The number of benzene rings is 2. The molecular formula is C15H11BrClFN2O2. The number of hydrogen-bond acceptors (Lipinski definition) is 3. The Morgan fingerprint density at radius 3 is 2.82 bits per heavy atom. The first-order valence-corrected chi connectivity index (χ1v) is 7.30. The number of carbonyl (C=O) groups excluding carboxylic acids is 1. The molecule has 0 atom stereocenters. The van der Waals surface area contributed by atoms with E-state index in [-0.39, 0.29) is 11.4 Å². The van der Waals surface area contributed by atoms with Crippen LogP contribution in [0.2, 0.25) is 5.02 Å². The predicted octanol–water partition coefficient (Wildman–Crippen LogP) is 4.01. The van der Waals surface area contributed by atoms with E-state index in [1.807, 2.05) is 0 Å². The highest BCUT2D eigenvalue weighted by Gasteiger charge is 2.12. The van der Waals surface area contributed by atoms with Crippen LogP contribution < -0.4 is 10.2 Å². The molecular weight excluding hydrogens is 375 g/mol. The van der Waals surface area contributed by atoms with Crippen molar-refractivity contribution in [2.45, 2.75) is 0 Å². The van der Waals surface area contributed by atoms with Crippen LogP contribution in [0.1, 0.15) is 15.9 Å². The summed E-state index contributed by atoms with van der Waals surface area (Å²) in [7, 11) is 1.46. The summed E-state index contributed by atoms with van der Waals surface area (Å²) in [5.74, 6) is -0.441. The molecule has 0 aliphatic rings. The van der Waals surface area contributed by atoms with Crippen LogP contribution in [0.25, 0.3) is 0 Å². The van der Waals surface area contributed by atoms with Gasteiger partial charge in [-0.25, -0.2) is 9.82 Å². The highest BCUT2D eigenvalue weighted by atomic mass is 79.9. The minimum atomic E-state index is -0.461. The number of nitrogens with one attached hydrogen (secondary N) is 1. The Bertz CT molecular complexity index is 737. The molecule has 22 heavy (non-hydrogen) atoms. The fourth-order valence-corrected chi connectivity index (χ4v) is 2.24. The van der Waals surface area contributed by atoms with E-state index in [2.05, 4.69) is 26.5 Å². The summed E-state index contributed by atoms with van der Waals surface area (Å²) in [4.78, 5) is 12.1. The highest BCUT2D eigenvalue weighted by molar-refractivity contribution is 9.10. The van der Waals surface area contributed by atoms with Gasteiger partial charge in [0.25, 0.3) is 5.91 Å². The SMILES string of the molecule is COc1ccc(Cl)cc1C(=O)NN=Cc1ccc(F)c(Br)c1. The average molecular weight is 386 g/mol. The van der Waals surface area contributed by atoms with E-state index in [0.717, 1.165) is 0 Å². The second-order valence-electron chi connectivity index (χ2n) is 4.22. The summed E-state index contributed by atoms with van der Waals surface area (Å²) in [6.45, 7) is 0. The van der Waals surface area contributed by atoms with Crippen LogP contribution in [0, 0.1) is 5.82 Å². The van der Waals surface area contributed by atoms with Crippen molar-refractivity contribution in [2.75, 3.05) is 7.11 Å². The first-order chi connectivity index (χ1) is 10.5. The second-order valence-corrected chi connectivity index (χ2v) is 5.51. The molecule has 4 nitrogen and oxygen atoms in total. The van der Waals surface area contributed by atoms with Crippen LogP contribution in [-0.4, -0.2) is 19.2 Å². The molecule has 0 spiro atoms. The number of amides is 1. The standard InChI is InChI=1S/C15H11BrClFN2O2/c1-22-14-5-3-10(17)7-11(14)15(21)20-19-8-9-2-4-13(18)12(16)6-9/h2-8H,1H3,(H,20,21). The minimum Gasteiger partial charge on any atom is -0.496 e. The number of carbonyl (C=O) groups is 1. The molecule has 2 rings (SSSR count). The zero-order chi connectivity index (χ0) is 16.1. The lowest BCUT2D eigenvalue weighted by Gasteiger charge is -2.07. The predicted molar refractivity (Wildman–Crippen MR) is 87.2 cm³/mol. The molecule has 2 aromatic carbocycles. The van der Waals surface area contributed by atoms with E-state index in [1.54, 1.807) is 18.2 Å². The molecule has 114 valence electrons. The Kier molecular flexibility index (Phi) is 5.51. The summed E-state index contributed by atoms with van der Waals surface area (Å²) in [5, 5.41) is 4.24. The number of halogens is 3. The zero-order valence-electron chi connectivity index (χ0n) is 11.4. The van der Waals surface area contributed by atoms with Gasteiger partial charge in [0.15, 0.2) is 0 Å². The minimum absolute atomic E-state index is 0.271. The van der Waals surface area contributed by atoms with Gasteiger partial charge < -0.3 is 4.74 Å². The molecule has 0 fully saturated rings. The maximum absolute atomic E-state index is 13.1. The Hall–Kier alpha value is -1.92. The van der Waals surface area contributed by atoms with Gasteiger partial charge in [0.1, 0.15) is 11.6 Å². The lowest BCUT2D eigenvalue weighted by Crippen LogP contribution is -2.18. The van der Waals surface area contributed by atoms with Crippen LogP contribution >= 0.6 is 27.5 Å². The van der Waals surface area contributed by atoms with Crippen molar-refractivity contribution in [3.8, 4) is 5.75 Å². The smallest absolute Gasteiger partial charge is 0.275 e. The first kappa shape index (κ1) is 16.5. The number of methoxy groups -OCH3 is 1. The van der Waals surface area contributed by atoms with Crippen LogP contribution in [0.15, 0.2) is 46.0 Å². The van der Waals surface area contributed by atoms with Crippen molar-refractivity contribution >= 4 is 39.7 Å². The molecule has 1 amide bonds. The van der Waals surface area contributed by atoms with Crippen LogP contribution in [0.5, 0.6) is 5.75 Å². The van der Waals surface area contributed by atoms with Crippen molar-refractivity contribution in [1.29, 1.82) is 0 Å². The van der Waals surface area contributed by atoms with Crippen molar-refractivity contribution in [1.82, 2.24) is 5.43 Å². The van der Waals surface area contributed by atoms with Crippen molar-refractivity contribution < 1.29 is 13.9 Å². The molecule has 0 heterocycles. The first-order valence-electron chi connectivity index (χ1n) is 6.13. The van der Waals surface area contributed by atoms with E-state index < -0.39 is 5.91 Å². The van der Waals surface area contributed by atoms with Crippen LogP contribution in [-0.2, 0) is 0 Å². The van der Waals surface area contributed by atoms with Gasteiger partial charge in [0.05, 0.1) is 23.4 Å². The fourth-order valence-electron chi connectivity index (χ4n) is 1.68. The molecule has 2 aromatic rings. The third kappa shape index (κ3) is 4.05. The van der Waals surface area contributed by atoms with Gasteiger partial charge in [-0.15, -0.1) is 0 Å². The maximum Gasteiger partial charge on any atom is 0.275 e. The number of nitrogens with zero attached hydrogens (tertiary/aromatic N) is 1. The van der Waals surface area contributed by atoms with E-state index >= 15 is 0 Å². The average Bonchev–Trinajstić information content (AvgIpc) is 2.50. The summed E-state index contributed by atoms with van der Waals surface area (Å²) >= 11 is 8.94. The van der Waals surface area contributed by atoms with Crippen LogP contribution in [0.4, 0.5) is 4.39 Å². The molecule has 0 aliphatic carbocycles. The van der Waals surface area contributed by atoms with Gasteiger partial charge in [0, 0.05) is 5.02 Å². The number of hydrazone groups is 1. The maximum atomic E-state index is 13.1. The summed E-state index contributed by atoms with van der Waals surface area (Å²) < 4.78 is 18.5. The Morgan fingerprint density at radius 1 is 1.36 bits per heavy atom. The summed E-state index contributed by atoms with van der Waals surface area (Å²) in [6.07, 6.45) is 1.40. The molecule has 7 heteroatoms. The number of ether oxygens (including phenoxy) is 1. The normalized spacial score (nSPS) is 10.7. The molecule has 1 N–H and O–H groups in total. The van der Waals surface area contributed by atoms with Gasteiger partial charge in [-0.3, -0.25) is 4.79 Å². The largest absolute Gasteiger partial charge is 0.496 e. The Morgan fingerprint density at radius 2 is 2.14 bits per heavy atom. The summed E-state index contributed by atoms with van der Waals surface area (Å²) in [5.41, 5.74) is 3.27. The Balaban J connectivity index is 2.11. The van der Waals surface area contributed by atoms with E-state index in [4.69, 9.17) is 16.3 Å². The monoisotopic (exact) mass is 384 g/mol. The third-order valence-electron chi connectivity index (χ3n) is 2.73. The molecule has 0 aliphatic heterocycles. The van der Waals surface area contributed by atoms with Gasteiger partial charge in [0.2, 0.25) is 0 Å². The van der Waals surface area contributed by atoms with Gasteiger partial charge >= 0.3 is 0 Å². The fraction of sp³-hybridized carbons (Fsp3) is 0.0667. The van der Waals surface area contributed by atoms with Gasteiger partial charge in [-0.1, -0.05) is 17.7 Å². The molecule has 0 radical (unpaired) electrons. The van der Waals surface area contributed by atoms with E-state index in [1.165, 1.54) is 31.5 Å². The van der Waals surface area contributed by atoms with E-state index in [0.29, 0.717) is 20.8 Å². The lowest BCUT2D eigenvalue weighted by molar-refractivity contribution is 0.0952. The number of hydrogen-bond donors (Lipinski definition) is 1. The van der Waals surface area contributed by atoms with Crippen LogP contribution in [0.3, 0.4) is 0 Å². The molecule has 0 saturated carbocycles. The Labute approximate surface area is 140 Å². The van der Waals surface area contributed by atoms with Crippen molar-refractivity contribution in [2.24, 2.45) is 5.10 Å². The second kappa shape index (κ2) is 7.38. The van der Waals surface area contributed by atoms with Crippen molar-refractivity contribution in [3.63, 3.8) is 0 Å². The quantitative estimate of drug-likeness (QED) is 0.638. The molecule has 0 saturated heterocycles. The van der Waals surface area contributed by atoms with Crippen molar-refractivity contribution in [3.05, 3.63) is 62.8 Å². The molecule has 0 unspecified atom stereocenters. The molecule has 0 bridgehead atoms. The van der Waals surface area contributed by atoms with E-state index in [9.17, 15) is 9.18 Å². The topological polar surface area (TPSA) is 50.7 Å². The molecule has 0 aromatic heterocycles. The lowest BCUT2D eigenvalue weighted by atomic mass is 10.2. The van der Waals surface area contributed by atoms with Gasteiger partial charge in [-0.2, -0.15) is 5.10 Å². The highest BCUT2D eigenvalue weighted by Crippen LogP contribution is 2.22. The zero-order valence-corrected chi connectivity index (χ0v) is 13.8.